The van der Waals surface area contributed by atoms with Crippen LogP contribution in [0.1, 0.15) is 30.1 Å². The first-order valence-electron chi connectivity index (χ1n) is 6.29. The number of Topliss-reactive ketones (excluding diaryl/α,β-unsaturated/α-hetero) is 1. The highest BCUT2D eigenvalue weighted by atomic mass is 16.2. The average molecular weight is 246 g/mol. The van der Waals surface area contributed by atoms with Gasteiger partial charge in [-0.1, -0.05) is 0 Å². The summed E-state index contributed by atoms with van der Waals surface area (Å²) in [7, 11) is 0. The number of rotatable bonds is 3. The van der Waals surface area contributed by atoms with Gasteiger partial charge in [-0.3, -0.25) is 9.59 Å². The number of benzene rings is 1. The molecule has 2 N–H and O–H groups in total. The van der Waals surface area contributed by atoms with Crippen LogP contribution in [0.15, 0.2) is 24.3 Å². The summed E-state index contributed by atoms with van der Waals surface area (Å²) in [4.78, 5) is 23.1. The van der Waals surface area contributed by atoms with Crippen LogP contribution in [0, 0.1) is 5.92 Å². The van der Waals surface area contributed by atoms with Gasteiger partial charge in [-0.05, 0) is 57.1 Å². The molecule has 1 heterocycles. The van der Waals surface area contributed by atoms with Gasteiger partial charge in [0.1, 0.15) is 0 Å². The second kappa shape index (κ2) is 5.78. The number of hydrogen-bond donors (Lipinski definition) is 2. The van der Waals surface area contributed by atoms with Crippen molar-refractivity contribution in [2.75, 3.05) is 18.4 Å². The van der Waals surface area contributed by atoms with Crippen molar-refractivity contribution in [1.29, 1.82) is 0 Å². The zero-order chi connectivity index (χ0) is 13.0. The van der Waals surface area contributed by atoms with Gasteiger partial charge in [0.15, 0.2) is 5.78 Å². The van der Waals surface area contributed by atoms with Crippen LogP contribution in [0.25, 0.3) is 0 Å². The molecule has 0 radical (unpaired) electrons. The summed E-state index contributed by atoms with van der Waals surface area (Å²) in [6.07, 6.45) is 1.77. The van der Waals surface area contributed by atoms with E-state index in [1.807, 2.05) is 0 Å². The third-order valence-corrected chi connectivity index (χ3v) is 3.27. The minimum Gasteiger partial charge on any atom is -0.326 e. The Bertz CT molecular complexity index is 434. The quantitative estimate of drug-likeness (QED) is 0.800. The van der Waals surface area contributed by atoms with Crippen LogP contribution >= 0.6 is 0 Å². The maximum Gasteiger partial charge on any atom is 0.227 e. The lowest BCUT2D eigenvalue weighted by Gasteiger charge is -2.21. The van der Waals surface area contributed by atoms with Gasteiger partial charge in [0.05, 0.1) is 0 Å². The summed E-state index contributed by atoms with van der Waals surface area (Å²) < 4.78 is 0. The Morgan fingerprint density at radius 3 is 2.33 bits per heavy atom. The molecular weight excluding hydrogens is 228 g/mol. The van der Waals surface area contributed by atoms with Gasteiger partial charge in [0.25, 0.3) is 0 Å². The van der Waals surface area contributed by atoms with Gasteiger partial charge in [0.2, 0.25) is 5.91 Å². The topological polar surface area (TPSA) is 58.2 Å². The molecule has 1 aromatic rings. The maximum atomic E-state index is 12.0. The van der Waals surface area contributed by atoms with Crippen molar-refractivity contribution in [2.45, 2.75) is 19.8 Å². The van der Waals surface area contributed by atoms with Crippen molar-refractivity contribution < 1.29 is 9.59 Å². The Morgan fingerprint density at radius 2 is 1.78 bits per heavy atom. The van der Waals surface area contributed by atoms with Gasteiger partial charge >= 0.3 is 0 Å². The van der Waals surface area contributed by atoms with Crippen LogP contribution in [0.2, 0.25) is 0 Å². The smallest absolute Gasteiger partial charge is 0.227 e. The molecule has 0 bridgehead atoms. The summed E-state index contributed by atoms with van der Waals surface area (Å²) >= 11 is 0. The standard InChI is InChI=1S/C14H18N2O2/c1-10(17)11-2-4-13(5-3-11)16-14(18)12-6-8-15-9-7-12/h2-5,12,15H,6-9H2,1H3,(H,16,18). The van der Waals surface area contributed by atoms with Crippen molar-refractivity contribution in [2.24, 2.45) is 5.92 Å². The first-order valence-corrected chi connectivity index (χ1v) is 6.29. The number of ketones is 1. The van der Waals surface area contributed by atoms with E-state index in [1.165, 1.54) is 6.92 Å². The molecule has 18 heavy (non-hydrogen) atoms. The molecule has 0 unspecified atom stereocenters. The molecule has 0 aliphatic carbocycles. The van der Waals surface area contributed by atoms with E-state index in [0.29, 0.717) is 5.56 Å². The summed E-state index contributed by atoms with van der Waals surface area (Å²) in [5.41, 5.74) is 1.42. The number of carbonyl (C=O) groups is 2. The molecule has 0 saturated carbocycles. The Labute approximate surface area is 107 Å². The molecule has 2 rings (SSSR count). The highest BCUT2D eigenvalue weighted by Crippen LogP contribution is 2.16. The van der Waals surface area contributed by atoms with Crippen LogP contribution < -0.4 is 10.6 Å². The molecule has 4 heteroatoms. The van der Waals surface area contributed by atoms with Crippen LogP contribution in [0.5, 0.6) is 0 Å². The van der Waals surface area contributed by atoms with Crippen molar-refractivity contribution in [3.05, 3.63) is 29.8 Å². The lowest BCUT2D eigenvalue weighted by atomic mass is 9.97. The Kier molecular flexibility index (Phi) is 4.10. The molecule has 1 aliphatic heterocycles. The van der Waals surface area contributed by atoms with Crippen molar-refractivity contribution in [1.82, 2.24) is 5.32 Å². The largest absolute Gasteiger partial charge is 0.326 e. The molecule has 0 aromatic heterocycles. The zero-order valence-corrected chi connectivity index (χ0v) is 10.5. The van der Waals surface area contributed by atoms with Crippen LogP contribution in [-0.4, -0.2) is 24.8 Å². The van der Waals surface area contributed by atoms with E-state index in [0.717, 1.165) is 31.6 Å². The molecule has 1 aromatic carbocycles. The van der Waals surface area contributed by atoms with Crippen molar-refractivity contribution >= 4 is 17.4 Å². The number of anilines is 1. The van der Waals surface area contributed by atoms with Gasteiger partial charge in [-0.25, -0.2) is 0 Å². The lowest BCUT2D eigenvalue weighted by Crippen LogP contribution is -2.34. The van der Waals surface area contributed by atoms with E-state index in [-0.39, 0.29) is 17.6 Å². The van der Waals surface area contributed by atoms with Gasteiger partial charge in [0, 0.05) is 17.2 Å². The minimum atomic E-state index is 0.0335. The maximum absolute atomic E-state index is 12.0. The normalized spacial score (nSPS) is 16.3. The number of nitrogens with one attached hydrogen (secondary N) is 2. The zero-order valence-electron chi connectivity index (χ0n) is 10.5. The molecule has 1 amide bonds. The van der Waals surface area contributed by atoms with Gasteiger partial charge in [-0.2, -0.15) is 0 Å². The van der Waals surface area contributed by atoms with Crippen LogP contribution in [0.3, 0.4) is 0 Å². The number of carbonyl (C=O) groups excluding carboxylic acids is 2. The minimum absolute atomic E-state index is 0.0335. The lowest BCUT2D eigenvalue weighted by molar-refractivity contribution is -0.120. The molecule has 0 spiro atoms. The van der Waals surface area contributed by atoms with E-state index in [2.05, 4.69) is 10.6 Å². The Hall–Kier alpha value is -1.68. The van der Waals surface area contributed by atoms with Gasteiger partial charge < -0.3 is 10.6 Å². The van der Waals surface area contributed by atoms with E-state index < -0.39 is 0 Å². The summed E-state index contributed by atoms with van der Waals surface area (Å²) in [5, 5.41) is 6.14. The molecule has 1 saturated heterocycles. The van der Waals surface area contributed by atoms with E-state index in [9.17, 15) is 9.59 Å². The van der Waals surface area contributed by atoms with Crippen LogP contribution in [0.4, 0.5) is 5.69 Å². The fourth-order valence-electron chi connectivity index (χ4n) is 2.12. The fraction of sp³-hybridized carbons (Fsp3) is 0.429. The van der Waals surface area contributed by atoms with E-state index in [1.54, 1.807) is 24.3 Å². The van der Waals surface area contributed by atoms with E-state index in [4.69, 9.17) is 0 Å². The highest BCUT2D eigenvalue weighted by molar-refractivity contribution is 5.96. The predicted molar refractivity (Wildman–Crippen MR) is 70.7 cm³/mol. The third-order valence-electron chi connectivity index (χ3n) is 3.27. The molecular formula is C14H18N2O2. The number of piperidine rings is 1. The van der Waals surface area contributed by atoms with Gasteiger partial charge in [-0.15, -0.1) is 0 Å². The highest BCUT2D eigenvalue weighted by Gasteiger charge is 2.20. The summed E-state index contributed by atoms with van der Waals surface area (Å²) in [6.45, 7) is 3.34. The summed E-state index contributed by atoms with van der Waals surface area (Å²) in [6, 6.07) is 7.02. The first-order chi connectivity index (χ1) is 8.66. The molecule has 96 valence electrons. The predicted octanol–water partition coefficient (Wildman–Crippen LogP) is 1.83. The third kappa shape index (κ3) is 3.17. The van der Waals surface area contributed by atoms with Crippen molar-refractivity contribution in [3.63, 3.8) is 0 Å². The molecule has 0 atom stereocenters. The number of hydrogen-bond acceptors (Lipinski definition) is 3. The van der Waals surface area contributed by atoms with E-state index >= 15 is 0 Å². The molecule has 1 aliphatic rings. The summed E-state index contributed by atoms with van der Waals surface area (Å²) in [5.74, 6) is 0.206. The average Bonchev–Trinajstić information content (AvgIpc) is 2.40. The van der Waals surface area contributed by atoms with Crippen LogP contribution in [-0.2, 0) is 4.79 Å². The Morgan fingerprint density at radius 1 is 1.17 bits per heavy atom. The first kappa shape index (κ1) is 12.8. The monoisotopic (exact) mass is 246 g/mol. The number of amides is 1. The fourth-order valence-corrected chi connectivity index (χ4v) is 2.12. The second-order valence-corrected chi connectivity index (χ2v) is 4.65. The SMILES string of the molecule is CC(=O)c1ccc(NC(=O)C2CCNCC2)cc1. The molecule has 4 nitrogen and oxygen atoms in total. The Balaban J connectivity index is 1.96. The second-order valence-electron chi connectivity index (χ2n) is 4.65. The van der Waals surface area contributed by atoms with Crippen molar-refractivity contribution in [3.8, 4) is 0 Å². The molecule has 1 fully saturated rings.